The summed E-state index contributed by atoms with van der Waals surface area (Å²) >= 11 is 0. The third-order valence-electron chi connectivity index (χ3n) is 2.35. The molecule has 4 heteroatoms. The number of carbonyl (C=O) groups is 1. The first-order chi connectivity index (χ1) is 6.50. The van der Waals surface area contributed by atoms with Crippen molar-refractivity contribution in [1.82, 2.24) is 5.32 Å². The second-order valence-electron chi connectivity index (χ2n) is 4.42. The second kappa shape index (κ2) is 4.75. The molecule has 0 aromatic carbocycles. The van der Waals surface area contributed by atoms with E-state index in [0.29, 0.717) is 6.54 Å². The van der Waals surface area contributed by atoms with E-state index in [1.165, 1.54) is 6.42 Å². The van der Waals surface area contributed by atoms with Gasteiger partial charge < -0.3 is 15.8 Å². The van der Waals surface area contributed by atoms with E-state index < -0.39 is 5.54 Å². The van der Waals surface area contributed by atoms with Crippen molar-refractivity contribution in [3.05, 3.63) is 0 Å². The fourth-order valence-corrected chi connectivity index (χ4v) is 1.40. The van der Waals surface area contributed by atoms with Gasteiger partial charge in [0.05, 0.1) is 11.6 Å². The Labute approximate surface area is 85.2 Å². The lowest BCUT2D eigenvalue weighted by Gasteiger charge is -2.25. The van der Waals surface area contributed by atoms with E-state index >= 15 is 0 Å². The van der Waals surface area contributed by atoms with Crippen LogP contribution in [0.15, 0.2) is 0 Å². The molecule has 1 atom stereocenters. The molecule has 0 spiro atoms. The number of nitrogens with one attached hydrogen (secondary N) is 1. The minimum absolute atomic E-state index is 0.119. The van der Waals surface area contributed by atoms with Crippen molar-refractivity contribution < 1.29 is 9.53 Å². The van der Waals surface area contributed by atoms with Crippen LogP contribution in [-0.4, -0.2) is 30.7 Å². The zero-order chi connectivity index (χ0) is 10.6. The highest BCUT2D eigenvalue weighted by molar-refractivity contribution is 5.85. The minimum Gasteiger partial charge on any atom is -0.376 e. The number of nitrogens with two attached hydrogens (primary N) is 1. The molecule has 0 radical (unpaired) electrons. The third kappa shape index (κ3) is 3.64. The van der Waals surface area contributed by atoms with E-state index in [0.717, 1.165) is 19.4 Å². The van der Waals surface area contributed by atoms with Crippen LogP contribution >= 0.6 is 0 Å². The van der Waals surface area contributed by atoms with Gasteiger partial charge in [0, 0.05) is 13.2 Å². The Morgan fingerprint density at radius 1 is 1.57 bits per heavy atom. The van der Waals surface area contributed by atoms with Crippen LogP contribution in [0.25, 0.3) is 0 Å². The topological polar surface area (TPSA) is 64.4 Å². The number of hydrogen-bond donors (Lipinski definition) is 2. The molecule has 4 nitrogen and oxygen atoms in total. The van der Waals surface area contributed by atoms with Gasteiger partial charge in [-0.05, 0) is 33.1 Å². The third-order valence-corrected chi connectivity index (χ3v) is 2.35. The number of carbonyl (C=O) groups excluding carboxylic acids is 1. The summed E-state index contributed by atoms with van der Waals surface area (Å²) in [6, 6.07) is 0. The Kier molecular flexibility index (Phi) is 3.89. The minimum atomic E-state index is -0.797. The maximum Gasteiger partial charge on any atom is 0.239 e. The first-order valence-electron chi connectivity index (χ1n) is 5.19. The van der Waals surface area contributed by atoms with Crippen LogP contribution in [0, 0.1) is 0 Å². The maximum absolute atomic E-state index is 11.4. The van der Waals surface area contributed by atoms with E-state index in [1.54, 1.807) is 13.8 Å². The fourth-order valence-electron chi connectivity index (χ4n) is 1.40. The normalized spacial score (nSPS) is 23.2. The predicted octanol–water partition coefficient (Wildman–Crippen LogP) is 0.409. The highest BCUT2D eigenvalue weighted by Crippen LogP contribution is 2.11. The molecule has 1 aliphatic heterocycles. The highest BCUT2D eigenvalue weighted by atomic mass is 16.5. The van der Waals surface area contributed by atoms with Gasteiger partial charge in [-0.25, -0.2) is 0 Å². The lowest BCUT2D eigenvalue weighted by atomic mass is 10.1. The van der Waals surface area contributed by atoms with E-state index in [1.807, 2.05) is 0 Å². The molecule has 1 amide bonds. The number of hydrogen-bond acceptors (Lipinski definition) is 3. The monoisotopic (exact) mass is 200 g/mol. The summed E-state index contributed by atoms with van der Waals surface area (Å²) in [6.45, 7) is 4.79. The van der Waals surface area contributed by atoms with Crippen molar-refractivity contribution in [3.8, 4) is 0 Å². The standard InChI is InChI=1S/C10H20N2O2/c1-10(2,11)9(13)12-7-8-5-3-4-6-14-8/h8H,3-7,11H2,1-2H3,(H,12,13). The average Bonchev–Trinajstić information content (AvgIpc) is 2.14. The van der Waals surface area contributed by atoms with Gasteiger partial charge >= 0.3 is 0 Å². The smallest absolute Gasteiger partial charge is 0.239 e. The van der Waals surface area contributed by atoms with Gasteiger partial charge in [-0.2, -0.15) is 0 Å². The lowest BCUT2D eigenvalue weighted by molar-refractivity contribution is -0.126. The lowest BCUT2D eigenvalue weighted by Crippen LogP contribution is -2.51. The number of rotatable bonds is 3. The SMILES string of the molecule is CC(C)(N)C(=O)NCC1CCCCO1. The first-order valence-corrected chi connectivity index (χ1v) is 5.19. The Bertz CT molecular complexity index is 193. The molecule has 1 heterocycles. The molecule has 0 saturated carbocycles. The van der Waals surface area contributed by atoms with Gasteiger partial charge in [0.15, 0.2) is 0 Å². The molecular weight excluding hydrogens is 180 g/mol. The van der Waals surface area contributed by atoms with Gasteiger partial charge in [-0.15, -0.1) is 0 Å². The molecule has 0 bridgehead atoms. The summed E-state index contributed by atoms with van der Waals surface area (Å²) in [5, 5.41) is 2.80. The Morgan fingerprint density at radius 2 is 2.29 bits per heavy atom. The average molecular weight is 200 g/mol. The molecule has 1 rings (SSSR count). The fraction of sp³-hybridized carbons (Fsp3) is 0.900. The largest absolute Gasteiger partial charge is 0.376 e. The molecule has 1 unspecified atom stereocenters. The summed E-state index contributed by atoms with van der Waals surface area (Å²) in [5.41, 5.74) is 4.84. The van der Waals surface area contributed by atoms with Crippen molar-refractivity contribution >= 4 is 5.91 Å². The maximum atomic E-state index is 11.4. The van der Waals surface area contributed by atoms with Gasteiger partial charge in [-0.3, -0.25) is 4.79 Å². The summed E-state index contributed by atoms with van der Waals surface area (Å²) in [7, 11) is 0. The molecule has 1 aliphatic rings. The second-order valence-corrected chi connectivity index (χ2v) is 4.42. The van der Waals surface area contributed by atoms with Crippen molar-refractivity contribution in [2.75, 3.05) is 13.2 Å². The molecule has 1 saturated heterocycles. The molecule has 82 valence electrons. The van der Waals surface area contributed by atoms with Crippen molar-refractivity contribution in [3.63, 3.8) is 0 Å². The van der Waals surface area contributed by atoms with E-state index in [9.17, 15) is 4.79 Å². The number of ether oxygens (including phenoxy) is 1. The molecule has 0 aliphatic carbocycles. The van der Waals surface area contributed by atoms with E-state index in [2.05, 4.69) is 5.32 Å². The molecule has 0 aromatic heterocycles. The van der Waals surface area contributed by atoms with Crippen LogP contribution in [0.1, 0.15) is 33.1 Å². The zero-order valence-corrected chi connectivity index (χ0v) is 9.01. The van der Waals surface area contributed by atoms with Gasteiger partial charge in [0.2, 0.25) is 5.91 Å². The Balaban J connectivity index is 2.22. The molecule has 3 N–H and O–H groups in total. The Hall–Kier alpha value is -0.610. The quantitative estimate of drug-likeness (QED) is 0.693. The van der Waals surface area contributed by atoms with Crippen LogP contribution in [0.3, 0.4) is 0 Å². The van der Waals surface area contributed by atoms with E-state index in [4.69, 9.17) is 10.5 Å². The van der Waals surface area contributed by atoms with Gasteiger partial charge in [0.1, 0.15) is 0 Å². The predicted molar refractivity (Wildman–Crippen MR) is 54.9 cm³/mol. The van der Waals surface area contributed by atoms with Gasteiger partial charge in [0.25, 0.3) is 0 Å². The highest BCUT2D eigenvalue weighted by Gasteiger charge is 2.23. The summed E-state index contributed by atoms with van der Waals surface area (Å²) in [5.74, 6) is -0.119. The molecule has 1 fully saturated rings. The zero-order valence-electron chi connectivity index (χ0n) is 9.01. The summed E-state index contributed by atoms with van der Waals surface area (Å²) < 4.78 is 5.49. The summed E-state index contributed by atoms with van der Waals surface area (Å²) in [4.78, 5) is 11.4. The van der Waals surface area contributed by atoms with Crippen LogP contribution in [0.5, 0.6) is 0 Å². The van der Waals surface area contributed by atoms with Crippen molar-refractivity contribution in [2.24, 2.45) is 5.73 Å². The number of amides is 1. The van der Waals surface area contributed by atoms with E-state index in [-0.39, 0.29) is 12.0 Å². The molecule has 0 aromatic rings. The first kappa shape index (κ1) is 11.5. The van der Waals surface area contributed by atoms with Crippen LogP contribution < -0.4 is 11.1 Å². The molecule has 14 heavy (non-hydrogen) atoms. The van der Waals surface area contributed by atoms with Crippen molar-refractivity contribution in [2.45, 2.75) is 44.8 Å². The molecular formula is C10H20N2O2. The van der Waals surface area contributed by atoms with Gasteiger partial charge in [-0.1, -0.05) is 0 Å². The van der Waals surface area contributed by atoms with Crippen molar-refractivity contribution in [1.29, 1.82) is 0 Å². The summed E-state index contributed by atoms with van der Waals surface area (Å²) in [6.07, 6.45) is 3.53. The van der Waals surface area contributed by atoms with Crippen LogP contribution in [0.4, 0.5) is 0 Å². The van der Waals surface area contributed by atoms with Crippen LogP contribution in [-0.2, 0) is 9.53 Å². The van der Waals surface area contributed by atoms with Crippen LogP contribution in [0.2, 0.25) is 0 Å². The Morgan fingerprint density at radius 3 is 2.79 bits per heavy atom.